The molecule has 13 nitrogen and oxygen atoms in total. The highest BCUT2D eigenvalue weighted by Gasteiger charge is 2.45. The Labute approximate surface area is 206 Å². The highest BCUT2D eigenvalue weighted by molar-refractivity contribution is 5.76. The average Bonchev–Trinajstić information content (AvgIpc) is 2.82. The molecular formula is C22H42N4O9. The van der Waals surface area contributed by atoms with E-state index in [-0.39, 0.29) is 18.4 Å². The molecule has 1 fully saturated rings. The van der Waals surface area contributed by atoms with Gasteiger partial charge in [-0.15, -0.1) is 0 Å². The second-order valence-electron chi connectivity index (χ2n) is 8.28. The van der Waals surface area contributed by atoms with Gasteiger partial charge < -0.3 is 50.8 Å². The Hall–Kier alpha value is -1.87. The highest BCUT2D eigenvalue weighted by Crippen LogP contribution is 2.22. The van der Waals surface area contributed by atoms with Crippen LogP contribution < -0.4 is 21.3 Å². The number of ether oxygens (including phenoxy) is 3. The Balaban J connectivity index is 2.14. The first-order valence-corrected chi connectivity index (χ1v) is 12.1. The standard InChI is InChI=1S/C22H42N4O9/c1-15(28)26-19-21(32)20(31)16(14-27)35-22(19)34-11-4-3-6-17(29)24-8-5-9-25-18(30)7-12-33-13-10-23-2/h16,19-23,27,31-32H,3-14H2,1-2H3,(H,24,29)(H,25,30)(H,26,28). The van der Waals surface area contributed by atoms with Gasteiger partial charge in [0.1, 0.15) is 24.4 Å². The van der Waals surface area contributed by atoms with E-state index in [1.807, 2.05) is 7.05 Å². The van der Waals surface area contributed by atoms with Gasteiger partial charge in [0.15, 0.2) is 6.29 Å². The molecule has 0 aromatic heterocycles. The predicted molar refractivity (Wildman–Crippen MR) is 125 cm³/mol. The molecule has 13 heteroatoms. The van der Waals surface area contributed by atoms with Crippen molar-refractivity contribution < 1.29 is 43.9 Å². The lowest BCUT2D eigenvalue weighted by Crippen LogP contribution is -2.64. The van der Waals surface area contributed by atoms with Crippen LogP contribution in [0.4, 0.5) is 0 Å². The third kappa shape index (κ3) is 13.1. The van der Waals surface area contributed by atoms with Crippen molar-refractivity contribution in [1.82, 2.24) is 21.3 Å². The number of carbonyl (C=O) groups excluding carboxylic acids is 3. The van der Waals surface area contributed by atoms with Crippen LogP contribution >= 0.6 is 0 Å². The molecule has 1 saturated heterocycles. The van der Waals surface area contributed by atoms with Gasteiger partial charge in [-0.2, -0.15) is 0 Å². The van der Waals surface area contributed by atoms with Crippen molar-refractivity contribution in [3.63, 3.8) is 0 Å². The Bertz CT molecular complexity index is 626. The van der Waals surface area contributed by atoms with Crippen LogP contribution in [0.15, 0.2) is 0 Å². The van der Waals surface area contributed by atoms with Crippen LogP contribution in [0, 0.1) is 0 Å². The molecule has 5 atom stereocenters. The number of unbranched alkanes of at least 4 members (excludes halogenated alkanes) is 1. The normalized spacial score (nSPS) is 24.1. The van der Waals surface area contributed by atoms with E-state index in [0.717, 1.165) is 6.54 Å². The van der Waals surface area contributed by atoms with E-state index in [2.05, 4.69) is 21.3 Å². The number of likely N-dealkylation sites (N-methyl/N-ethyl adjacent to an activating group) is 1. The first-order valence-electron chi connectivity index (χ1n) is 12.1. The van der Waals surface area contributed by atoms with Crippen molar-refractivity contribution in [3.8, 4) is 0 Å². The molecule has 7 N–H and O–H groups in total. The van der Waals surface area contributed by atoms with Crippen LogP contribution in [0.25, 0.3) is 0 Å². The summed E-state index contributed by atoms with van der Waals surface area (Å²) in [6, 6.07) is -0.986. The summed E-state index contributed by atoms with van der Waals surface area (Å²) in [7, 11) is 1.83. The van der Waals surface area contributed by atoms with Gasteiger partial charge in [0.05, 0.1) is 19.8 Å². The number of hydrogen-bond donors (Lipinski definition) is 7. The van der Waals surface area contributed by atoms with Crippen LogP contribution in [0.3, 0.4) is 0 Å². The molecule has 0 aliphatic carbocycles. The highest BCUT2D eigenvalue weighted by atomic mass is 16.7. The SMILES string of the molecule is CNCCOCCC(=O)NCCCNC(=O)CCCCOC1OC(CO)C(O)C(O)C1NC(C)=O. The maximum Gasteiger partial charge on any atom is 0.222 e. The first-order chi connectivity index (χ1) is 16.8. The van der Waals surface area contributed by atoms with Crippen molar-refractivity contribution >= 4 is 17.7 Å². The molecule has 35 heavy (non-hydrogen) atoms. The summed E-state index contributed by atoms with van der Waals surface area (Å²) in [4.78, 5) is 35.0. The zero-order valence-corrected chi connectivity index (χ0v) is 20.7. The maximum absolute atomic E-state index is 11.9. The average molecular weight is 507 g/mol. The predicted octanol–water partition coefficient (Wildman–Crippen LogP) is -2.63. The van der Waals surface area contributed by atoms with Crippen LogP contribution in [-0.2, 0) is 28.6 Å². The van der Waals surface area contributed by atoms with Gasteiger partial charge in [-0.25, -0.2) is 0 Å². The van der Waals surface area contributed by atoms with Crippen molar-refractivity contribution in [3.05, 3.63) is 0 Å². The molecule has 0 bridgehead atoms. The topological polar surface area (TPSA) is 188 Å². The largest absolute Gasteiger partial charge is 0.394 e. The molecule has 0 radical (unpaired) electrons. The van der Waals surface area contributed by atoms with E-state index >= 15 is 0 Å². The van der Waals surface area contributed by atoms with Gasteiger partial charge in [-0.1, -0.05) is 0 Å². The number of aliphatic hydroxyl groups is 3. The molecule has 0 aromatic carbocycles. The summed E-state index contributed by atoms with van der Waals surface area (Å²) in [5.41, 5.74) is 0. The summed E-state index contributed by atoms with van der Waals surface area (Å²) in [5, 5.41) is 40.6. The number of aliphatic hydroxyl groups excluding tert-OH is 3. The molecule has 0 aromatic rings. The summed E-state index contributed by atoms with van der Waals surface area (Å²) >= 11 is 0. The number of hydrogen-bond acceptors (Lipinski definition) is 10. The summed E-state index contributed by atoms with van der Waals surface area (Å²) in [5.74, 6) is -0.625. The molecule has 5 unspecified atom stereocenters. The molecule has 0 spiro atoms. The van der Waals surface area contributed by atoms with Crippen LogP contribution in [0.2, 0.25) is 0 Å². The summed E-state index contributed by atoms with van der Waals surface area (Å²) in [6.07, 6.45) is -2.53. The van der Waals surface area contributed by atoms with Gasteiger partial charge in [-0.05, 0) is 26.3 Å². The fraction of sp³-hybridized carbons (Fsp3) is 0.864. The molecule has 1 aliphatic rings. The van der Waals surface area contributed by atoms with E-state index in [1.54, 1.807) is 0 Å². The van der Waals surface area contributed by atoms with E-state index in [9.17, 15) is 29.7 Å². The fourth-order valence-corrected chi connectivity index (χ4v) is 3.36. The zero-order valence-electron chi connectivity index (χ0n) is 20.7. The van der Waals surface area contributed by atoms with E-state index in [4.69, 9.17) is 14.2 Å². The Morgan fingerprint density at radius 1 is 0.886 bits per heavy atom. The minimum Gasteiger partial charge on any atom is -0.394 e. The van der Waals surface area contributed by atoms with E-state index < -0.39 is 43.2 Å². The third-order valence-electron chi connectivity index (χ3n) is 5.30. The van der Waals surface area contributed by atoms with E-state index in [0.29, 0.717) is 58.4 Å². The van der Waals surface area contributed by atoms with Crippen LogP contribution in [-0.4, -0.2) is 117 Å². The van der Waals surface area contributed by atoms with Crippen molar-refractivity contribution in [2.75, 3.05) is 53.1 Å². The first kappa shape index (κ1) is 31.2. The van der Waals surface area contributed by atoms with Gasteiger partial charge in [0.2, 0.25) is 17.7 Å². The van der Waals surface area contributed by atoms with Crippen LogP contribution in [0.1, 0.15) is 39.0 Å². The molecule has 1 rings (SSSR count). The Kier molecular flexibility index (Phi) is 16.4. The van der Waals surface area contributed by atoms with Gasteiger partial charge in [0.25, 0.3) is 0 Å². The van der Waals surface area contributed by atoms with Crippen LogP contribution in [0.5, 0.6) is 0 Å². The molecular weight excluding hydrogens is 464 g/mol. The molecule has 0 saturated carbocycles. The van der Waals surface area contributed by atoms with Crippen molar-refractivity contribution in [2.24, 2.45) is 0 Å². The lowest BCUT2D eigenvalue weighted by Gasteiger charge is -2.42. The Morgan fingerprint density at radius 2 is 1.57 bits per heavy atom. The lowest BCUT2D eigenvalue weighted by molar-refractivity contribution is -0.270. The lowest BCUT2D eigenvalue weighted by atomic mass is 9.97. The maximum atomic E-state index is 11.9. The van der Waals surface area contributed by atoms with Gasteiger partial charge >= 0.3 is 0 Å². The second kappa shape index (κ2) is 18.4. The molecule has 1 aliphatic heterocycles. The smallest absolute Gasteiger partial charge is 0.222 e. The fourth-order valence-electron chi connectivity index (χ4n) is 3.36. The third-order valence-corrected chi connectivity index (χ3v) is 5.30. The second-order valence-corrected chi connectivity index (χ2v) is 8.28. The quantitative estimate of drug-likeness (QED) is 0.0969. The van der Waals surface area contributed by atoms with Crippen molar-refractivity contribution in [2.45, 2.75) is 69.7 Å². The summed E-state index contributed by atoms with van der Waals surface area (Å²) < 4.78 is 16.4. The Morgan fingerprint density at radius 3 is 2.20 bits per heavy atom. The monoisotopic (exact) mass is 506 g/mol. The summed E-state index contributed by atoms with van der Waals surface area (Å²) in [6.45, 7) is 3.54. The molecule has 204 valence electrons. The number of rotatable bonds is 18. The van der Waals surface area contributed by atoms with Gasteiger partial charge in [0, 0.05) is 46.0 Å². The van der Waals surface area contributed by atoms with Gasteiger partial charge in [-0.3, -0.25) is 14.4 Å². The van der Waals surface area contributed by atoms with E-state index in [1.165, 1.54) is 6.92 Å². The van der Waals surface area contributed by atoms with Crippen molar-refractivity contribution in [1.29, 1.82) is 0 Å². The molecule has 1 heterocycles. The number of nitrogens with one attached hydrogen (secondary N) is 4. The minimum atomic E-state index is -1.36. The minimum absolute atomic E-state index is 0.0872. The molecule has 3 amide bonds. The number of carbonyl (C=O) groups is 3. The zero-order chi connectivity index (χ0) is 26.1. The number of amides is 3.